The number of aromatic nitrogens is 1. The molecular weight excluding hydrogens is 423 g/mol. The zero-order valence-corrected chi connectivity index (χ0v) is 17.7. The van der Waals surface area contributed by atoms with Gasteiger partial charge in [-0.25, -0.2) is 0 Å². The number of benzene rings is 2. The Morgan fingerprint density at radius 3 is 2.28 bits per heavy atom. The standard InChI is InChI=1S/C23H22F3N3O3/c1-12-6-13(2)8-16(7-12)29-19-9-15(23(24,25)26)4-5-18(19)21(22(29)32)14(3)28-11-17(30)10-20(27)31/h4-9,32H,10-11H2,1-3H3,(H2,27,31). The third-order valence-corrected chi connectivity index (χ3v) is 4.96. The van der Waals surface area contributed by atoms with Crippen molar-refractivity contribution in [3.63, 3.8) is 0 Å². The maximum atomic E-state index is 13.4. The fourth-order valence-electron chi connectivity index (χ4n) is 3.68. The summed E-state index contributed by atoms with van der Waals surface area (Å²) in [6.45, 7) is 4.89. The maximum Gasteiger partial charge on any atom is 0.416 e. The first kappa shape index (κ1) is 23.1. The fraction of sp³-hybridized carbons (Fsp3) is 0.261. The average molecular weight is 445 g/mol. The smallest absolute Gasteiger partial charge is 0.416 e. The van der Waals surface area contributed by atoms with E-state index in [9.17, 15) is 27.9 Å². The number of aromatic hydroxyl groups is 1. The molecule has 1 aromatic heterocycles. The van der Waals surface area contributed by atoms with Crippen molar-refractivity contribution in [2.45, 2.75) is 33.4 Å². The number of aliphatic imine (C=N–C) groups is 1. The summed E-state index contributed by atoms with van der Waals surface area (Å²) in [6, 6.07) is 8.59. The summed E-state index contributed by atoms with van der Waals surface area (Å²) in [5.41, 5.74) is 6.99. The molecule has 32 heavy (non-hydrogen) atoms. The molecule has 0 radical (unpaired) electrons. The van der Waals surface area contributed by atoms with Crippen molar-refractivity contribution in [2.75, 3.05) is 6.54 Å². The van der Waals surface area contributed by atoms with Crippen LogP contribution < -0.4 is 5.73 Å². The summed E-state index contributed by atoms with van der Waals surface area (Å²) in [7, 11) is 0. The molecule has 0 saturated carbocycles. The number of rotatable bonds is 6. The largest absolute Gasteiger partial charge is 0.494 e. The van der Waals surface area contributed by atoms with Gasteiger partial charge in [0.1, 0.15) is 0 Å². The first-order valence-corrected chi connectivity index (χ1v) is 9.73. The quantitative estimate of drug-likeness (QED) is 0.439. The number of nitrogens with zero attached hydrogens (tertiary/aromatic N) is 2. The number of Topliss-reactive ketones (excluding diaryl/α,β-unsaturated/α-hetero) is 1. The molecule has 3 aromatic rings. The minimum atomic E-state index is -4.56. The van der Waals surface area contributed by atoms with Crippen LogP contribution in [0.25, 0.3) is 16.6 Å². The van der Waals surface area contributed by atoms with Gasteiger partial charge in [-0.15, -0.1) is 0 Å². The van der Waals surface area contributed by atoms with Gasteiger partial charge < -0.3 is 10.8 Å². The number of ketones is 1. The lowest BCUT2D eigenvalue weighted by atomic mass is 10.1. The Morgan fingerprint density at radius 1 is 1.09 bits per heavy atom. The van der Waals surface area contributed by atoms with Crippen LogP contribution in [0.1, 0.15) is 35.6 Å². The van der Waals surface area contributed by atoms with Gasteiger partial charge in [0, 0.05) is 16.8 Å². The predicted molar refractivity (Wildman–Crippen MR) is 115 cm³/mol. The summed E-state index contributed by atoms with van der Waals surface area (Å²) in [5.74, 6) is -1.58. The van der Waals surface area contributed by atoms with Crippen LogP contribution in [0.5, 0.6) is 5.88 Å². The molecule has 0 unspecified atom stereocenters. The van der Waals surface area contributed by atoms with Crippen molar-refractivity contribution < 1.29 is 27.9 Å². The number of fused-ring (bicyclic) bond motifs is 1. The Morgan fingerprint density at radius 2 is 1.72 bits per heavy atom. The molecule has 3 rings (SSSR count). The van der Waals surface area contributed by atoms with E-state index in [0.717, 1.165) is 23.3 Å². The lowest BCUT2D eigenvalue weighted by Crippen LogP contribution is -2.18. The fourth-order valence-corrected chi connectivity index (χ4v) is 3.68. The maximum absolute atomic E-state index is 13.4. The van der Waals surface area contributed by atoms with Gasteiger partial charge in [-0.2, -0.15) is 13.2 Å². The molecule has 2 aromatic carbocycles. The molecule has 1 amide bonds. The molecule has 1 heterocycles. The van der Waals surface area contributed by atoms with E-state index >= 15 is 0 Å². The van der Waals surface area contributed by atoms with Crippen LogP contribution in [0.2, 0.25) is 0 Å². The third-order valence-electron chi connectivity index (χ3n) is 4.96. The Hall–Kier alpha value is -3.62. The molecule has 168 valence electrons. The Labute approximate surface area is 182 Å². The summed E-state index contributed by atoms with van der Waals surface area (Å²) < 4.78 is 41.5. The van der Waals surface area contributed by atoms with E-state index in [4.69, 9.17) is 5.73 Å². The molecule has 0 spiro atoms. The zero-order valence-electron chi connectivity index (χ0n) is 17.7. The number of hydrogen-bond donors (Lipinski definition) is 2. The second-order valence-electron chi connectivity index (χ2n) is 7.69. The highest BCUT2D eigenvalue weighted by Gasteiger charge is 2.32. The molecule has 6 nitrogen and oxygen atoms in total. The Kier molecular flexibility index (Phi) is 6.11. The van der Waals surface area contributed by atoms with E-state index in [1.54, 1.807) is 12.1 Å². The topological polar surface area (TPSA) is 97.7 Å². The first-order valence-electron chi connectivity index (χ1n) is 9.73. The lowest BCUT2D eigenvalue weighted by molar-refractivity contribution is -0.137. The molecule has 0 atom stereocenters. The first-order chi connectivity index (χ1) is 14.9. The molecule has 0 aliphatic heterocycles. The van der Waals surface area contributed by atoms with E-state index in [0.29, 0.717) is 11.1 Å². The summed E-state index contributed by atoms with van der Waals surface area (Å²) in [5, 5.41) is 11.4. The number of carbonyl (C=O) groups is 2. The number of amides is 1. The molecule has 3 N–H and O–H groups in total. The van der Waals surface area contributed by atoms with Gasteiger partial charge >= 0.3 is 6.18 Å². The van der Waals surface area contributed by atoms with Crippen molar-refractivity contribution in [2.24, 2.45) is 10.7 Å². The molecule has 0 bridgehead atoms. The van der Waals surface area contributed by atoms with Crippen molar-refractivity contribution in [3.8, 4) is 11.6 Å². The van der Waals surface area contributed by atoms with E-state index < -0.39 is 29.9 Å². The molecule has 0 saturated heterocycles. The minimum absolute atomic E-state index is 0.148. The van der Waals surface area contributed by atoms with Crippen molar-refractivity contribution in [1.82, 2.24) is 4.57 Å². The highest BCUT2D eigenvalue weighted by atomic mass is 19.4. The summed E-state index contributed by atoms with van der Waals surface area (Å²) in [4.78, 5) is 26.8. The van der Waals surface area contributed by atoms with Crippen LogP contribution in [0.3, 0.4) is 0 Å². The van der Waals surface area contributed by atoms with Crippen LogP contribution in [0.15, 0.2) is 41.4 Å². The van der Waals surface area contributed by atoms with Gasteiger partial charge in [0.15, 0.2) is 5.78 Å². The van der Waals surface area contributed by atoms with Crippen molar-refractivity contribution in [3.05, 3.63) is 58.7 Å². The van der Waals surface area contributed by atoms with Gasteiger partial charge in [-0.1, -0.05) is 12.1 Å². The number of nitrogens with two attached hydrogens (primary N) is 1. The number of hydrogen-bond acceptors (Lipinski definition) is 4. The molecule has 0 aliphatic carbocycles. The number of aryl methyl sites for hydroxylation is 2. The van der Waals surface area contributed by atoms with E-state index in [1.807, 2.05) is 19.9 Å². The minimum Gasteiger partial charge on any atom is -0.494 e. The third kappa shape index (κ3) is 4.66. The van der Waals surface area contributed by atoms with Crippen LogP contribution in [0.4, 0.5) is 13.2 Å². The van der Waals surface area contributed by atoms with Crippen LogP contribution in [-0.2, 0) is 15.8 Å². The normalized spacial score (nSPS) is 12.4. The van der Waals surface area contributed by atoms with E-state index in [1.165, 1.54) is 17.6 Å². The Bertz CT molecular complexity index is 1240. The average Bonchev–Trinajstić information content (AvgIpc) is 2.95. The van der Waals surface area contributed by atoms with Gasteiger partial charge in [-0.05, 0) is 56.2 Å². The SMILES string of the molecule is CC(=NCC(=O)CC(N)=O)c1c(O)n(-c2cc(C)cc(C)c2)c2cc(C(F)(F)F)ccc12. The van der Waals surface area contributed by atoms with E-state index in [2.05, 4.69) is 4.99 Å². The summed E-state index contributed by atoms with van der Waals surface area (Å²) >= 11 is 0. The Balaban J connectivity index is 2.25. The lowest BCUT2D eigenvalue weighted by Gasteiger charge is -2.11. The molecular formula is C23H22F3N3O3. The monoisotopic (exact) mass is 445 g/mol. The number of carbonyl (C=O) groups excluding carboxylic acids is 2. The second-order valence-corrected chi connectivity index (χ2v) is 7.69. The molecule has 0 aliphatic rings. The van der Waals surface area contributed by atoms with Crippen molar-refractivity contribution >= 4 is 28.3 Å². The molecule has 9 heteroatoms. The highest BCUT2D eigenvalue weighted by molar-refractivity contribution is 6.13. The van der Waals surface area contributed by atoms with Gasteiger partial charge in [-0.3, -0.25) is 19.1 Å². The number of primary amides is 1. The van der Waals surface area contributed by atoms with Crippen molar-refractivity contribution in [1.29, 1.82) is 0 Å². The van der Waals surface area contributed by atoms with Gasteiger partial charge in [0.25, 0.3) is 0 Å². The van der Waals surface area contributed by atoms with Crippen LogP contribution in [0, 0.1) is 13.8 Å². The van der Waals surface area contributed by atoms with Crippen LogP contribution in [-0.4, -0.2) is 33.6 Å². The number of alkyl halides is 3. The van der Waals surface area contributed by atoms with E-state index in [-0.39, 0.29) is 29.2 Å². The summed E-state index contributed by atoms with van der Waals surface area (Å²) in [6.07, 6.45) is -5.03. The number of halogens is 3. The highest BCUT2D eigenvalue weighted by Crippen LogP contribution is 2.39. The zero-order chi connectivity index (χ0) is 23.8. The second kappa shape index (κ2) is 8.49. The molecule has 0 fully saturated rings. The van der Waals surface area contributed by atoms with Gasteiger partial charge in [0.2, 0.25) is 11.8 Å². The van der Waals surface area contributed by atoms with Gasteiger partial charge in [0.05, 0.1) is 29.6 Å². The van der Waals surface area contributed by atoms with Crippen LogP contribution >= 0.6 is 0 Å². The predicted octanol–water partition coefficient (Wildman–Crippen LogP) is 4.23.